The molecule has 1 heterocycles. The molecule has 104 valence electrons. The molecule has 0 radical (unpaired) electrons. The van der Waals surface area contributed by atoms with Crippen molar-refractivity contribution < 1.29 is 4.74 Å². The van der Waals surface area contributed by atoms with Crippen molar-refractivity contribution in [2.24, 2.45) is 5.73 Å². The predicted octanol–water partition coefficient (Wildman–Crippen LogP) is 3.46. The zero-order valence-corrected chi connectivity index (χ0v) is 12.0. The minimum atomic E-state index is -0.0561. The molecule has 3 N–H and O–H groups in total. The highest BCUT2D eigenvalue weighted by Crippen LogP contribution is 2.27. The lowest BCUT2D eigenvalue weighted by Gasteiger charge is -2.19. The van der Waals surface area contributed by atoms with Gasteiger partial charge in [0.05, 0.1) is 5.56 Å². The third-order valence-electron chi connectivity index (χ3n) is 3.00. The van der Waals surface area contributed by atoms with Crippen LogP contribution in [0.15, 0.2) is 42.6 Å². The zero-order valence-electron chi connectivity index (χ0n) is 12.0. The van der Waals surface area contributed by atoms with Crippen LogP contribution in [0.2, 0.25) is 0 Å². The molecule has 1 aromatic carbocycles. The number of pyridine rings is 1. The van der Waals surface area contributed by atoms with E-state index in [0.29, 0.717) is 17.2 Å². The minimum Gasteiger partial charge on any atom is -0.438 e. The van der Waals surface area contributed by atoms with Gasteiger partial charge in [-0.05, 0) is 35.2 Å². The summed E-state index contributed by atoms with van der Waals surface area (Å²) in [7, 11) is 0. The molecule has 0 atom stereocenters. The summed E-state index contributed by atoms with van der Waals surface area (Å²) >= 11 is 0. The van der Waals surface area contributed by atoms with Crippen LogP contribution >= 0.6 is 0 Å². The van der Waals surface area contributed by atoms with Gasteiger partial charge in [0, 0.05) is 6.20 Å². The normalized spacial score (nSPS) is 11.2. The number of nitrogens with zero attached hydrogens (tertiary/aromatic N) is 1. The highest BCUT2D eigenvalue weighted by molar-refractivity contribution is 5.97. The lowest BCUT2D eigenvalue weighted by molar-refractivity contribution is 0.461. The maximum absolute atomic E-state index is 7.52. The summed E-state index contributed by atoms with van der Waals surface area (Å²) < 4.78 is 5.71. The van der Waals surface area contributed by atoms with Crippen molar-refractivity contribution in [1.29, 1.82) is 5.41 Å². The Morgan fingerprint density at radius 2 is 1.80 bits per heavy atom. The molecule has 4 heteroatoms. The van der Waals surface area contributed by atoms with Crippen LogP contribution in [-0.2, 0) is 5.41 Å². The summed E-state index contributed by atoms with van der Waals surface area (Å²) in [6.07, 6.45) is 1.62. The number of rotatable bonds is 3. The number of amidine groups is 1. The minimum absolute atomic E-state index is 0.0561. The number of nitrogen functional groups attached to an aromatic ring is 1. The van der Waals surface area contributed by atoms with Gasteiger partial charge in [-0.2, -0.15) is 0 Å². The van der Waals surface area contributed by atoms with Crippen molar-refractivity contribution in [3.63, 3.8) is 0 Å². The smallest absolute Gasteiger partial charge is 0.230 e. The Bertz CT molecular complexity index is 612. The first-order chi connectivity index (χ1) is 9.38. The van der Waals surface area contributed by atoms with E-state index in [4.69, 9.17) is 15.9 Å². The van der Waals surface area contributed by atoms with E-state index in [1.165, 1.54) is 5.56 Å². The van der Waals surface area contributed by atoms with Gasteiger partial charge in [-0.25, -0.2) is 4.98 Å². The summed E-state index contributed by atoms with van der Waals surface area (Å²) in [5.41, 5.74) is 7.34. The first-order valence-corrected chi connectivity index (χ1v) is 6.46. The summed E-state index contributed by atoms with van der Waals surface area (Å²) in [6.45, 7) is 6.49. The van der Waals surface area contributed by atoms with Gasteiger partial charge in [0.1, 0.15) is 11.6 Å². The Morgan fingerprint density at radius 1 is 1.15 bits per heavy atom. The summed E-state index contributed by atoms with van der Waals surface area (Å²) in [5.74, 6) is 0.974. The Hall–Kier alpha value is -2.36. The van der Waals surface area contributed by atoms with Crippen molar-refractivity contribution in [3.05, 3.63) is 53.7 Å². The van der Waals surface area contributed by atoms with E-state index in [0.717, 1.165) is 0 Å². The fourth-order valence-corrected chi connectivity index (χ4v) is 1.81. The van der Waals surface area contributed by atoms with E-state index in [1.807, 2.05) is 24.3 Å². The maximum atomic E-state index is 7.52. The van der Waals surface area contributed by atoms with Crippen LogP contribution in [-0.4, -0.2) is 10.8 Å². The topological polar surface area (TPSA) is 72.0 Å². The molecule has 0 amide bonds. The molecular formula is C16H19N3O. The third-order valence-corrected chi connectivity index (χ3v) is 3.00. The van der Waals surface area contributed by atoms with Crippen LogP contribution in [0.25, 0.3) is 0 Å². The number of hydrogen-bond acceptors (Lipinski definition) is 3. The molecule has 0 saturated carbocycles. The van der Waals surface area contributed by atoms with E-state index in [2.05, 4.69) is 25.8 Å². The monoisotopic (exact) mass is 269 g/mol. The molecule has 0 fully saturated rings. The second-order valence-electron chi connectivity index (χ2n) is 5.65. The molecule has 20 heavy (non-hydrogen) atoms. The van der Waals surface area contributed by atoms with E-state index in [1.54, 1.807) is 18.3 Å². The van der Waals surface area contributed by atoms with Crippen LogP contribution in [0.3, 0.4) is 0 Å². The van der Waals surface area contributed by atoms with Crippen molar-refractivity contribution in [2.75, 3.05) is 0 Å². The van der Waals surface area contributed by atoms with Crippen LogP contribution in [0.4, 0.5) is 0 Å². The SMILES string of the molecule is CC(C)(C)c1ccc(Oc2ncccc2C(=N)N)cc1. The first-order valence-electron chi connectivity index (χ1n) is 6.46. The standard InChI is InChI=1S/C16H19N3O/c1-16(2,3)11-6-8-12(9-7-11)20-15-13(14(17)18)5-4-10-19-15/h4-10H,1-3H3,(H3,17,18). The van der Waals surface area contributed by atoms with Gasteiger partial charge in [-0.1, -0.05) is 32.9 Å². The first kappa shape index (κ1) is 14.1. The average molecular weight is 269 g/mol. The van der Waals surface area contributed by atoms with E-state index in [-0.39, 0.29) is 11.3 Å². The molecule has 2 rings (SSSR count). The Labute approximate surface area is 119 Å². The fourth-order valence-electron chi connectivity index (χ4n) is 1.81. The molecule has 0 aliphatic rings. The van der Waals surface area contributed by atoms with Gasteiger partial charge in [-0.15, -0.1) is 0 Å². The Kier molecular flexibility index (Phi) is 3.74. The highest BCUT2D eigenvalue weighted by atomic mass is 16.5. The molecule has 0 bridgehead atoms. The van der Waals surface area contributed by atoms with Crippen LogP contribution < -0.4 is 10.5 Å². The van der Waals surface area contributed by atoms with Gasteiger partial charge in [0.15, 0.2) is 0 Å². The number of benzene rings is 1. The molecule has 4 nitrogen and oxygen atoms in total. The molecular weight excluding hydrogens is 250 g/mol. The third kappa shape index (κ3) is 3.15. The molecule has 0 saturated heterocycles. The molecule has 1 aromatic heterocycles. The quantitative estimate of drug-likeness (QED) is 0.662. The summed E-state index contributed by atoms with van der Waals surface area (Å²) in [6, 6.07) is 11.3. The predicted molar refractivity (Wildman–Crippen MR) is 80.5 cm³/mol. The zero-order chi connectivity index (χ0) is 14.8. The number of nitrogens with one attached hydrogen (secondary N) is 1. The molecule has 0 aliphatic carbocycles. The van der Waals surface area contributed by atoms with Crippen molar-refractivity contribution >= 4 is 5.84 Å². The number of hydrogen-bond donors (Lipinski definition) is 2. The van der Waals surface area contributed by atoms with Gasteiger partial charge < -0.3 is 10.5 Å². The van der Waals surface area contributed by atoms with Gasteiger partial charge in [-0.3, -0.25) is 5.41 Å². The van der Waals surface area contributed by atoms with Crippen molar-refractivity contribution in [2.45, 2.75) is 26.2 Å². The number of nitrogens with two attached hydrogens (primary N) is 1. The van der Waals surface area contributed by atoms with Crippen LogP contribution in [0.5, 0.6) is 11.6 Å². The van der Waals surface area contributed by atoms with E-state index >= 15 is 0 Å². The van der Waals surface area contributed by atoms with Crippen LogP contribution in [0.1, 0.15) is 31.9 Å². The largest absolute Gasteiger partial charge is 0.438 e. The van der Waals surface area contributed by atoms with Gasteiger partial charge in [0.2, 0.25) is 5.88 Å². The lowest BCUT2D eigenvalue weighted by atomic mass is 9.87. The number of ether oxygens (including phenoxy) is 1. The Balaban J connectivity index is 2.25. The average Bonchev–Trinajstić information content (AvgIpc) is 2.38. The number of aromatic nitrogens is 1. The molecule has 0 spiro atoms. The lowest BCUT2D eigenvalue weighted by Crippen LogP contribution is -2.13. The summed E-state index contributed by atoms with van der Waals surface area (Å²) in [5, 5.41) is 7.52. The van der Waals surface area contributed by atoms with E-state index in [9.17, 15) is 0 Å². The van der Waals surface area contributed by atoms with Crippen molar-refractivity contribution in [3.8, 4) is 11.6 Å². The highest BCUT2D eigenvalue weighted by Gasteiger charge is 2.14. The Morgan fingerprint density at radius 3 is 2.35 bits per heavy atom. The van der Waals surface area contributed by atoms with E-state index < -0.39 is 0 Å². The second-order valence-corrected chi connectivity index (χ2v) is 5.65. The van der Waals surface area contributed by atoms with Gasteiger partial charge in [0.25, 0.3) is 0 Å². The van der Waals surface area contributed by atoms with Crippen LogP contribution in [0, 0.1) is 5.41 Å². The maximum Gasteiger partial charge on any atom is 0.230 e. The molecule has 0 unspecified atom stereocenters. The molecule has 2 aromatic rings. The second kappa shape index (κ2) is 5.33. The van der Waals surface area contributed by atoms with Gasteiger partial charge >= 0.3 is 0 Å². The molecule has 0 aliphatic heterocycles. The summed E-state index contributed by atoms with van der Waals surface area (Å²) in [4.78, 5) is 4.12. The fraction of sp³-hybridized carbons (Fsp3) is 0.250. The van der Waals surface area contributed by atoms with Crippen molar-refractivity contribution in [1.82, 2.24) is 4.98 Å².